The Morgan fingerprint density at radius 1 is 1.35 bits per heavy atom. The summed E-state index contributed by atoms with van der Waals surface area (Å²) in [4.78, 5) is 13.4. The minimum absolute atomic E-state index is 0.0781. The molecule has 0 aliphatic carbocycles. The molecule has 0 saturated carbocycles. The number of nitrogens with zero attached hydrogens (tertiary/aromatic N) is 4. The zero-order chi connectivity index (χ0) is 24.5. The zero-order valence-electron chi connectivity index (χ0n) is 19.5. The first kappa shape index (κ1) is 24.4. The summed E-state index contributed by atoms with van der Waals surface area (Å²) in [6, 6.07) is 1.97. The smallest absolute Gasteiger partial charge is 0.386 e. The van der Waals surface area contributed by atoms with Gasteiger partial charge in [0.15, 0.2) is 31.5 Å². The molecule has 5 heterocycles. The lowest BCUT2D eigenvalue weighted by atomic mass is 10.1. The molecule has 184 valence electrons. The van der Waals surface area contributed by atoms with Gasteiger partial charge in [-0.1, -0.05) is 33.0 Å². The number of nitrogens with two attached hydrogens (primary N) is 1. The van der Waals surface area contributed by atoms with Gasteiger partial charge in [0, 0.05) is 10.9 Å². The molecule has 5 atom stereocenters. The Balaban J connectivity index is 1.68. The van der Waals surface area contributed by atoms with Crippen molar-refractivity contribution in [3.05, 3.63) is 23.2 Å². The van der Waals surface area contributed by atoms with Crippen molar-refractivity contribution in [1.82, 2.24) is 19.5 Å². The molecule has 0 bridgehead atoms. The third-order valence-corrected chi connectivity index (χ3v) is 13.5. The maximum Gasteiger partial charge on any atom is 0.386 e. The lowest BCUT2D eigenvalue weighted by molar-refractivity contribution is -0.0551. The normalized spacial score (nSPS) is 30.1. The van der Waals surface area contributed by atoms with E-state index in [1.807, 2.05) is 21.4 Å². The summed E-state index contributed by atoms with van der Waals surface area (Å²) < 4.78 is 39.1. The topological polar surface area (TPSA) is 124 Å². The second kappa shape index (κ2) is 8.38. The zero-order valence-corrected chi connectivity index (χ0v) is 23.1. The summed E-state index contributed by atoms with van der Waals surface area (Å²) in [7, 11) is -2.31. The lowest BCUT2D eigenvalue weighted by Crippen LogP contribution is -2.50. The van der Waals surface area contributed by atoms with Gasteiger partial charge in [-0.25, -0.2) is 19.5 Å². The van der Waals surface area contributed by atoms with Gasteiger partial charge in [-0.05, 0) is 29.6 Å². The van der Waals surface area contributed by atoms with Crippen LogP contribution in [0.15, 0.2) is 23.2 Å². The Kier molecular flexibility index (Phi) is 6.01. The van der Waals surface area contributed by atoms with E-state index in [4.69, 9.17) is 28.9 Å². The van der Waals surface area contributed by atoms with E-state index in [1.165, 1.54) is 6.33 Å². The standard InChI is InChI=1S/C20H28N5O5PS2Si/c1-20(2,3)34(4,5)30-15-14-12(8-27-31(26,32)29-14)28-19(15)25-17(11-6-7-33-9-11)24-13-16(21)22-10-23-18(13)25/h6-7,9-10,12,14-15,19H,8H2,1-5H3,(H,26,32)(H2,21,22,23)/t12?,14?,15-,19+,31+/m0/s1. The molecule has 5 rings (SSSR count). The van der Waals surface area contributed by atoms with Gasteiger partial charge in [-0.3, -0.25) is 13.6 Å². The first-order valence-corrected chi connectivity index (χ1v) is 17.4. The Morgan fingerprint density at radius 3 is 2.79 bits per heavy atom. The van der Waals surface area contributed by atoms with Crippen LogP contribution >= 0.6 is 30.4 Å². The van der Waals surface area contributed by atoms with Crippen molar-refractivity contribution < 1.29 is 22.8 Å². The van der Waals surface area contributed by atoms with Crippen molar-refractivity contribution >= 4 is 55.7 Å². The number of hydrogen-bond donors (Lipinski definition) is 2. The summed E-state index contributed by atoms with van der Waals surface area (Å²) in [5.74, 6) is 0.905. The number of anilines is 1. The highest BCUT2D eigenvalue weighted by molar-refractivity contribution is 8.44. The number of thiol groups is 1. The third-order valence-electron chi connectivity index (χ3n) is 6.72. The van der Waals surface area contributed by atoms with E-state index in [-0.39, 0.29) is 17.5 Å². The van der Waals surface area contributed by atoms with Crippen LogP contribution in [-0.4, -0.2) is 52.8 Å². The van der Waals surface area contributed by atoms with Crippen molar-refractivity contribution in [3.8, 4) is 11.4 Å². The Morgan fingerprint density at radius 2 is 2.12 bits per heavy atom. The van der Waals surface area contributed by atoms with E-state index < -0.39 is 39.7 Å². The molecule has 10 nitrogen and oxygen atoms in total. The minimum atomic E-state index is -3.54. The van der Waals surface area contributed by atoms with E-state index in [0.717, 1.165) is 5.56 Å². The van der Waals surface area contributed by atoms with E-state index in [2.05, 4.69) is 56.1 Å². The summed E-state index contributed by atoms with van der Waals surface area (Å²) in [5, 5.41) is 3.89. The van der Waals surface area contributed by atoms with Gasteiger partial charge in [-0.2, -0.15) is 11.3 Å². The first-order valence-electron chi connectivity index (χ1n) is 10.9. The average molecular weight is 542 g/mol. The average Bonchev–Trinajstić information content (AvgIpc) is 3.44. The monoisotopic (exact) mass is 541 g/mol. The van der Waals surface area contributed by atoms with Crippen LogP contribution in [0.1, 0.15) is 27.0 Å². The first-order chi connectivity index (χ1) is 15.9. The van der Waals surface area contributed by atoms with E-state index in [9.17, 15) is 4.57 Å². The molecule has 0 radical (unpaired) electrons. The molecule has 2 N–H and O–H groups in total. The Hall–Kier alpha value is -1.31. The number of imidazole rings is 1. The van der Waals surface area contributed by atoms with Crippen molar-refractivity contribution in [3.63, 3.8) is 0 Å². The second-order valence-electron chi connectivity index (χ2n) is 9.99. The molecule has 14 heteroatoms. The molecular weight excluding hydrogens is 513 g/mol. The number of hydrogen-bond acceptors (Lipinski definition) is 10. The molecule has 0 aromatic carbocycles. The summed E-state index contributed by atoms with van der Waals surface area (Å²) in [5.41, 5.74) is 8.05. The minimum Gasteiger partial charge on any atom is -0.407 e. The van der Waals surface area contributed by atoms with Crippen molar-refractivity contribution in [1.29, 1.82) is 0 Å². The van der Waals surface area contributed by atoms with E-state index in [0.29, 0.717) is 17.0 Å². The van der Waals surface area contributed by atoms with Crippen LogP contribution in [0.25, 0.3) is 22.6 Å². The van der Waals surface area contributed by atoms with Crippen LogP contribution in [0.5, 0.6) is 0 Å². The van der Waals surface area contributed by atoms with Crippen LogP contribution in [0.4, 0.5) is 5.82 Å². The van der Waals surface area contributed by atoms with Crippen molar-refractivity contribution in [2.24, 2.45) is 0 Å². The fourth-order valence-corrected chi connectivity index (χ4v) is 7.34. The Bertz CT molecular complexity index is 1260. The maximum atomic E-state index is 12.7. The highest BCUT2D eigenvalue weighted by atomic mass is 32.7. The van der Waals surface area contributed by atoms with E-state index in [1.54, 1.807) is 11.3 Å². The Labute approximate surface area is 208 Å². The molecular formula is C20H28N5O5PS2Si. The molecule has 2 aliphatic heterocycles. The van der Waals surface area contributed by atoms with Gasteiger partial charge in [0.2, 0.25) is 0 Å². The SMILES string of the molecule is CC(C)(C)[Si](C)(C)O[C@H]1C2O[P@](=O)(S)OCC2O[C@H]1n1c(-c2ccsc2)nc2c(N)ncnc21. The summed E-state index contributed by atoms with van der Waals surface area (Å²) >= 11 is 5.67. The van der Waals surface area contributed by atoms with Gasteiger partial charge >= 0.3 is 6.80 Å². The molecule has 34 heavy (non-hydrogen) atoms. The second-order valence-corrected chi connectivity index (χ2v) is 18.4. The molecule has 2 aliphatic rings. The number of thiophene rings is 1. The van der Waals surface area contributed by atoms with Gasteiger partial charge < -0.3 is 14.9 Å². The number of fused-ring (bicyclic) bond motifs is 2. The van der Waals surface area contributed by atoms with Gasteiger partial charge in [0.05, 0.1) is 6.61 Å². The van der Waals surface area contributed by atoms with Crippen LogP contribution in [0.2, 0.25) is 18.1 Å². The fraction of sp³-hybridized carbons (Fsp3) is 0.550. The highest BCUT2D eigenvalue weighted by Crippen LogP contribution is 2.60. The quantitative estimate of drug-likeness (QED) is 0.270. The van der Waals surface area contributed by atoms with Crippen LogP contribution in [0.3, 0.4) is 0 Å². The highest BCUT2D eigenvalue weighted by Gasteiger charge is 2.56. The lowest BCUT2D eigenvalue weighted by Gasteiger charge is -2.41. The number of nitrogen functional groups attached to an aromatic ring is 1. The fourth-order valence-electron chi connectivity index (χ4n) is 3.93. The predicted octanol–water partition coefficient (Wildman–Crippen LogP) is 4.88. The van der Waals surface area contributed by atoms with Gasteiger partial charge in [0.25, 0.3) is 0 Å². The van der Waals surface area contributed by atoms with Gasteiger partial charge in [-0.15, -0.1) is 0 Å². The number of rotatable bonds is 4. The predicted molar refractivity (Wildman–Crippen MR) is 136 cm³/mol. The van der Waals surface area contributed by atoms with Crippen LogP contribution < -0.4 is 5.73 Å². The summed E-state index contributed by atoms with van der Waals surface area (Å²) in [6.07, 6.45) is -1.00. The van der Waals surface area contributed by atoms with E-state index >= 15 is 0 Å². The third kappa shape index (κ3) is 4.15. The number of aromatic nitrogens is 4. The maximum absolute atomic E-state index is 12.7. The molecule has 2 unspecified atom stereocenters. The number of ether oxygens (including phenoxy) is 1. The molecule has 0 amide bonds. The summed E-state index contributed by atoms with van der Waals surface area (Å²) in [6.45, 7) is 7.33. The van der Waals surface area contributed by atoms with Crippen molar-refractivity contribution in [2.75, 3.05) is 12.3 Å². The molecule has 2 saturated heterocycles. The molecule has 0 spiro atoms. The molecule has 3 aromatic rings. The van der Waals surface area contributed by atoms with Gasteiger partial charge in [0.1, 0.15) is 30.5 Å². The largest absolute Gasteiger partial charge is 0.407 e. The van der Waals surface area contributed by atoms with Crippen molar-refractivity contribution in [2.45, 2.75) is 63.4 Å². The molecule has 2 fully saturated rings. The molecule has 3 aromatic heterocycles. The van der Waals surface area contributed by atoms with Crippen LogP contribution in [-0.2, 0) is 22.8 Å². The van der Waals surface area contributed by atoms with Crippen LogP contribution in [0, 0.1) is 0 Å².